The Morgan fingerprint density at radius 1 is 0.792 bits per heavy atom. The number of nitrogens with one attached hydrogen (secondary N) is 3. The minimum atomic E-state index is -0.865. The number of rotatable bonds is 4. The van der Waals surface area contributed by atoms with Crippen LogP contribution < -0.4 is 16.0 Å². The van der Waals surface area contributed by atoms with Crippen molar-refractivity contribution in [2.45, 2.75) is 13.8 Å². The lowest BCUT2D eigenvalue weighted by Gasteiger charge is -2.08. The summed E-state index contributed by atoms with van der Waals surface area (Å²) in [5.74, 6) is -2.09. The maximum absolute atomic E-state index is 11.8. The van der Waals surface area contributed by atoms with Crippen LogP contribution in [0.15, 0.2) is 48.5 Å². The highest BCUT2D eigenvalue weighted by molar-refractivity contribution is 6.39. The summed E-state index contributed by atoms with van der Waals surface area (Å²) in [4.78, 5) is 35.3. The normalized spacial score (nSPS) is 9.92. The van der Waals surface area contributed by atoms with Gasteiger partial charge in [0, 0.05) is 11.4 Å². The van der Waals surface area contributed by atoms with Crippen molar-refractivity contribution in [2.75, 3.05) is 17.2 Å². The smallest absolute Gasteiger partial charge is 0.313 e. The van der Waals surface area contributed by atoms with Crippen LogP contribution >= 0.6 is 0 Å². The van der Waals surface area contributed by atoms with E-state index in [0.29, 0.717) is 11.4 Å². The Kier molecular flexibility index (Phi) is 5.68. The molecule has 0 unspecified atom stereocenters. The zero-order valence-corrected chi connectivity index (χ0v) is 13.6. The average Bonchev–Trinajstić information content (AvgIpc) is 2.52. The maximum Gasteiger partial charge on any atom is 0.313 e. The third-order valence-electron chi connectivity index (χ3n) is 3.19. The van der Waals surface area contributed by atoms with Gasteiger partial charge in [-0.2, -0.15) is 0 Å². The van der Waals surface area contributed by atoms with E-state index in [1.54, 1.807) is 24.3 Å². The second-order valence-corrected chi connectivity index (χ2v) is 5.42. The standard InChI is InChI=1S/C18H19N3O3/c1-12-5-3-7-14(9-12)20-16(22)11-19-17(23)18(24)21-15-8-4-6-13(2)10-15/h3-10H,11H2,1-2H3,(H,19,23)(H,20,22)(H,21,24). The number of amides is 3. The summed E-state index contributed by atoms with van der Waals surface area (Å²) in [6.07, 6.45) is 0. The van der Waals surface area contributed by atoms with Crippen LogP contribution in [0.1, 0.15) is 11.1 Å². The van der Waals surface area contributed by atoms with Gasteiger partial charge < -0.3 is 16.0 Å². The second-order valence-electron chi connectivity index (χ2n) is 5.42. The predicted octanol–water partition coefficient (Wildman–Crippen LogP) is 2.00. The maximum atomic E-state index is 11.8. The quantitative estimate of drug-likeness (QED) is 0.751. The molecule has 0 aromatic heterocycles. The molecule has 0 radical (unpaired) electrons. The van der Waals surface area contributed by atoms with Gasteiger partial charge in [0.1, 0.15) is 0 Å². The summed E-state index contributed by atoms with van der Waals surface area (Å²) in [5, 5.41) is 7.42. The van der Waals surface area contributed by atoms with Crippen LogP contribution in [0.4, 0.5) is 11.4 Å². The summed E-state index contributed by atoms with van der Waals surface area (Å²) < 4.78 is 0. The highest BCUT2D eigenvalue weighted by Gasteiger charge is 2.15. The fraction of sp³-hybridized carbons (Fsp3) is 0.167. The summed E-state index contributed by atoms with van der Waals surface area (Å²) in [6.45, 7) is 3.51. The van der Waals surface area contributed by atoms with Crippen molar-refractivity contribution >= 4 is 29.1 Å². The zero-order valence-electron chi connectivity index (χ0n) is 13.6. The zero-order chi connectivity index (χ0) is 17.5. The van der Waals surface area contributed by atoms with Crippen LogP contribution in [0.2, 0.25) is 0 Å². The molecule has 2 rings (SSSR count). The molecule has 2 aromatic carbocycles. The summed E-state index contributed by atoms with van der Waals surface area (Å²) >= 11 is 0. The van der Waals surface area contributed by atoms with Crippen LogP contribution in [0.25, 0.3) is 0 Å². The number of hydrogen-bond acceptors (Lipinski definition) is 3. The first kappa shape index (κ1) is 17.2. The molecular formula is C18H19N3O3. The minimum Gasteiger partial charge on any atom is -0.339 e. The van der Waals surface area contributed by atoms with E-state index in [1.165, 1.54) is 0 Å². The fourth-order valence-corrected chi connectivity index (χ4v) is 2.08. The van der Waals surface area contributed by atoms with Crippen molar-refractivity contribution in [3.8, 4) is 0 Å². The SMILES string of the molecule is Cc1cccc(NC(=O)CNC(=O)C(=O)Nc2cccc(C)c2)c1. The first-order valence-corrected chi connectivity index (χ1v) is 7.46. The van der Waals surface area contributed by atoms with E-state index in [1.807, 2.05) is 38.1 Å². The van der Waals surface area contributed by atoms with E-state index in [0.717, 1.165) is 11.1 Å². The Balaban J connectivity index is 1.81. The van der Waals surface area contributed by atoms with Crippen molar-refractivity contribution in [1.82, 2.24) is 5.32 Å². The van der Waals surface area contributed by atoms with E-state index >= 15 is 0 Å². The molecule has 0 bridgehead atoms. The van der Waals surface area contributed by atoms with Gasteiger partial charge in [0.05, 0.1) is 6.54 Å². The van der Waals surface area contributed by atoms with Crippen LogP contribution in [0, 0.1) is 13.8 Å². The van der Waals surface area contributed by atoms with Gasteiger partial charge in [-0.25, -0.2) is 0 Å². The molecule has 0 aliphatic carbocycles. The molecule has 3 N–H and O–H groups in total. The van der Waals surface area contributed by atoms with Crippen molar-refractivity contribution in [1.29, 1.82) is 0 Å². The third kappa shape index (κ3) is 5.24. The Labute approximate surface area is 140 Å². The molecule has 0 spiro atoms. The number of carbonyl (C=O) groups is 3. The molecule has 0 atom stereocenters. The van der Waals surface area contributed by atoms with E-state index in [4.69, 9.17) is 0 Å². The first-order valence-electron chi connectivity index (χ1n) is 7.46. The lowest BCUT2D eigenvalue weighted by Crippen LogP contribution is -2.39. The largest absolute Gasteiger partial charge is 0.339 e. The molecule has 6 heteroatoms. The van der Waals surface area contributed by atoms with Gasteiger partial charge in [0.2, 0.25) is 5.91 Å². The van der Waals surface area contributed by atoms with E-state index in [2.05, 4.69) is 16.0 Å². The fourth-order valence-electron chi connectivity index (χ4n) is 2.08. The van der Waals surface area contributed by atoms with Crippen molar-refractivity contribution in [3.63, 3.8) is 0 Å². The number of anilines is 2. The molecule has 0 aliphatic rings. The van der Waals surface area contributed by atoms with Gasteiger partial charge in [-0.1, -0.05) is 24.3 Å². The molecule has 0 fully saturated rings. The molecular weight excluding hydrogens is 306 g/mol. The van der Waals surface area contributed by atoms with Gasteiger partial charge in [-0.05, 0) is 49.2 Å². The van der Waals surface area contributed by atoms with Crippen molar-refractivity contribution in [3.05, 3.63) is 59.7 Å². The second kappa shape index (κ2) is 7.92. The summed E-state index contributed by atoms with van der Waals surface area (Å²) in [5.41, 5.74) is 3.14. The van der Waals surface area contributed by atoms with Crippen LogP contribution in [-0.4, -0.2) is 24.3 Å². The molecule has 3 amide bonds. The van der Waals surface area contributed by atoms with Crippen molar-refractivity contribution < 1.29 is 14.4 Å². The third-order valence-corrected chi connectivity index (χ3v) is 3.19. The van der Waals surface area contributed by atoms with Gasteiger partial charge in [-0.3, -0.25) is 14.4 Å². The highest BCUT2D eigenvalue weighted by Crippen LogP contribution is 2.10. The molecule has 0 saturated carbocycles. The van der Waals surface area contributed by atoms with Crippen LogP contribution in [0.5, 0.6) is 0 Å². The lowest BCUT2D eigenvalue weighted by atomic mass is 10.2. The van der Waals surface area contributed by atoms with Gasteiger partial charge >= 0.3 is 11.8 Å². The molecule has 124 valence electrons. The summed E-state index contributed by atoms with van der Waals surface area (Å²) in [7, 11) is 0. The van der Waals surface area contributed by atoms with Gasteiger partial charge in [0.25, 0.3) is 0 Å². The average molecular weight is 325 g/mol. The Morgan fingerprint density at radius 2 is 1.33 bits per heavy atom. The molecule has 0 saturated heterocycles. The van der Waals surface area contributed by atoms with Crippen LogP contribution in [0.3, 0.4) is 0 Å². The number of carbonyl (C=O) groups excluding carboxylic acids is 3. The van der Waals surface area contributed by atoms with Crippen LogP contribution in [-0.2, 0) is 14.4 Å². The van der Waals surface area contributed by atoms with Crippen molar-refractivity contribution in [2.24, 2.45) is 0 Å². The van der Waals surface area contributed by atoms with Gasteiger partial charge in [0.15, 0.2) is 0 Å². The Morgan fingerprint density at radius 3 is 1.88 bits per heavy atom. The number of hydrogen-bond donors (Lipinski definition) is 3. The molecule has 24 heavy (non-hydrogen) atoms. The number of aryl methyl sites for hydroxylation is 2. The highest BCUT2D eigenvalue weighted by atomic mass is 16.2. The topological polar surface area (TPSA) is 87.3 Å². The predicted molar refractivity (Wildman–Crippen MR) is 92.6 cm³/mol. The Hall–Kier alpha value is -3.15. The van der Waals surface area contributed by atoms with E-state index < -0.39 is 17.7 Å². The minimum absolute atomic E-state index is 0.284. The Bertz CT molecular complexity index is 772. The lowest BCUT2D eigenvalue weighted by molar-refractivity contribution is -0.136. The molecule has 2 aromatic rings. The number of benzene rings is 2. The first-order chi connectivity index (χ1) is 11.4. The molecule has 0 heterocycles. The monoisotopic (exact) mass is 325 g/mol. The van der Waals surface area contributed by atoms with E-state index in [9.17, 15) is 14.4 Å². The molecule has 0 aliphatic heterocycles. The molecule has 6 nitrogen and oxygen atoms in total. The summed E-state index contributed by atoms with van der Waals surface area (Å²) in [6, 6.07) is 14.4. The van der Waals surface area contributed by atoms with E-state index in [-0.39, 0.29) is 6.54 Å². The van der Waals surface area contributed by atoms with Gasteiger partial charge in [-0.15, -0.1) is 0 Å².